The topological polar surface area (TPSA) is 32.3 Å². The fraction of sp³-hybridized carbons (Fsp3) is 0.941. The first-order chi connectivity index (χ1) is 9.66. The molecule has 1 N–H and O–H groups in total. The van der Waals surface area contributed by atoms with Crippen LogP contribution in [0.25, 0.3) is 0 Å². The van der Waals surface area contributed by atoms with Crippen molar-refractivity contribution in [2.75, 3.05) is 27.2 Å². The molecule has 0 aromatic rings. The lowest BCUT2D eigenvalue weighted by Crippen LogP contribution is -2.33. The average molecular weight is 284 g/mol. The maximum atomic E-state index is 11.4. The van der Waals surface area contributed by atoms with Crippen LogP contribution < -0.4 is 5.32 Å². The number of carbonyl (C=O) groups excluding carboxylic acids is 1. The Labute approximate surface area is 126 Å². The van der Waals surface area contributed by atoms with Crippen molar-refractivity contribution in [3.05, 3.63) is 0 Å². The monoisotopic (exact) mass is 284 g/mol. The van der Waals surface area contributed by atoms with Crippen LogP contribution in [0, 0.1) is 0 Å². The number of hydrogen-bond donors (Lipinski definition) is 1. The van der Waals surface area contributed by atoms with Gasteiger partial charge in [0, 0.05) is 6.54 Å². The minimum Gasteiger partial charge on any atom is -0.355 e. The summed E-state index contributed by atoms with van der Waals surface area (Å²) in [5.74, 6) is 0.141. The molecule has 120 valence electrons. The fourth-order valence-corrected chi connectivity index (χ4v) is 2.36. The Balaban J connectivity index is 3.08. The number of nitrogens with one attached hydrogen (secondary N) is 1. The standard InChI is InChI=1S/C17H36N2O/c1-4-5-6-7-8-9-10-11-12-13-14-15-18-17(20)16-19(2)3/h4-16H2,1-3H3,(H,18,20). The SMILES string of the molecule is CCCCCCCCCCCCCNC(=O)CN(C)C. The van der Waals surface area contributed by atoms with E-state index in [4.69, 9.17) is 0 Å². The molecule has 0 radical (unpaired) electrons. The first-order valence-corrected chi connectivity index (χ1v) is 8.58. The van der Waals surface area contributed by atoms with Crippen molar-refractivity contribution in [1.29, 1.82) is 0 Å². The molecule has 0 atom stereocenters. The summed E-state index contributed by atoms with van der Waals surface area (Å²) in [7, 11) is 3.84. The molecule has 0 aliphatic rings. The molecule has 0 rings (SSSR count). The third-order valence-electron chi connectivity index (χ3n) is 3.56. The van der Waals surface area contributed by atoms with Crippen molar-refractivity contribution in [3.63, 3.8) is 0 Å². The molecule has 0 fully saturated rings. The van der Waals surface area contributed by atoms with E-state index in [0.29, 0.717) is 6.54 Å². The smallest absolute Gasteiger partial charge is 0.234 e. The molecule has 1 amide bonds. The van der Waals surface area contributed by atoms with Crippen LogP contribution in [0.5, 0.6) is 0 Å². The van der Waals surface area contributed by atoms with Crippen LogP contribution >= 0.6 is 0 Å². The zero-order valence-electron chi connectivity index (χ0n) is 14.0. The predicted molar refractivity (Wildman–Crippen MR) is 88.0 cm³/mol. The second-order valence-electron chi connectivity index (χ2n) is 6.12. The number of unbranched alkanes of at least 4 members (excludes halogenated alkanes) is 10. The minimum absolute atomic E-state index is 0.141. The molecule has 3 nitrogen and oxygen atoms in total. The largest absolute Gasteiger partial charge is 0.355 e. The van der Waals surface area contributed by atoms with Crippen LogP contribution in [0.1, 0.15) is 77.6 Å². The van der Waals surface area contributed by atoms with Gasteiger partial charge in [0.15, 0.2) is 0 Å². The van der Waals surface area contributed by atoms with E-state index in [1.54, 1.807) is 0 Å². The highest BCUT2D eigenvalue weighted by Gasteiger charge is 2.00. The van der Waals surface area contributed by atoms with Gasteiger partial charge in [-0.05, 0) is 20.5 Å². The van der Waals surface area contributed by atoms with Crippen molar-refractivity contribution in [1.82, 2.24) is 10.2 Å². The highest BCUT2D eigenvalue weighted by molar-refractivity contribution is 5.77. The van der Waals surface area contributed by atoms with Crippen LogP contribution in [0.3, 0.4) is 0 Å². The zero-order chi connectivity index (χ0) is 15.1. The number of likely N-dealkylation sites (N-methyl/N-ethyl adjacent to an activating group) is 1. The van der Waals surface area contributed by atoms with Gasteiger partial charge in [-0.2, -0.15) is 0 Å². The van der Waals surface area contributed by atoms with Crippen molar-refractivity contribution in [2.24, 2.45) is 0 Å². The van der Waals surface area contributed by atoms with Crippen molar-refractivity contribution in [3.8, 4) is 0 Å². The predicted octanol–water partition coefficient (Wildman–Crippen LogP) is 3.98. The second kappa shape index (κ2) is 14.8. The van der Waals surface area contributed by atoms with Gasteiger partial charge in [-0.25, -0.2) is 0 Å². The van der Waals surface area contributed by atoms with E-state index in [2.05, 4.69) is 12.2 Å². The molecule has 0 saturated heterocycles. The lowest BCUT2D eigenvalue weighted by molar-refractivity contribution is -0.121. The summed E-state index contributed by atoms with van der Waals surface area (Å²) in [6.07, 6.45) is 14.8. The van der Waals surface area contributed by atoms with Crippen LogP contribution in [-0.4, -0.2) is 38.0 Å². The van der Waals surface area contributed by atoms with Crippen LogP contribution in [0.15, 0.2) is 0 Å². The van der Waals surface area contributed by atoms with Gasteiger partial charge >= 0.3 is 0 Å². The number of hydrogen-bond acceptors (Lipinski definition) is 2. The van der Waals surface area contributed by atoms with Crippen molar-refractivity contribution < 1.29 is 4.79 Å². The molecule has 3 heteroatoms. The molecule has 0 unspecified atom stereocenters. The van der Waals surface area contributed by atoms with Gasteiger partial charge in [0.1, 0.15) is 0 Å². The van der Waals surface area contributed by atoms with Gasteiger partial charge in [0.2, 0.25) is 5.91 Å². The number of rotatable bonds is 14. The van der Waals surface area contributed by atoms with Gasteiger partial charge in [-0.15, -0.1) is 0 Å². The molecule has 0 aliphatic heterocycles. The first-order valence-electron chi connectivity index (χ1n) is 8.58. The molecule has 0 saturated carbocycles. The molecule has 0 aliphatic carbocycles. The Bertz CT molecular complexity index is 217. The Kier molecular flexibility index (Phi) is 14.4. The van der Waals surface area contributed by atoms with Crippen molar-refractivity contribution in [2.45, 2.75) is 77.6 Å². The Morgan fingerprint density at radius 1 is 0.800 bits per heavy atom. The summed E-state index contributed by atoms with van der Waals surface area (Å²) >= 11 is 0. The molecular formula is C17H36N2O. The molecule has 20 heavy (non-hydrogen) atoms. The summed E-state index contributed by atoms with van der Waals surface area (Å²) < 4.78 is 0. The highest BCUT2D eigenvalue weighted by Crippen LogP contribution is 2.10. The quantitative estimate of drug-likeness (QED) is 0.489. The van der Waals surface area contributed by atoms with E-state index in [0.717, 1.165) is 13.0 Å². The second-order valence-corrected chi connectivity index (χ2v) is 6.12. The molecule has 0 aromatic heterocycles. The van der Waals surface area contributed by atoms with E-state index in [9.17, 15) is 4.79 Å². The van der Waals surface area contributed by atoms with E-state index in [1.165, 1.54) is 64.2 Å². The van der Waals surface area contributed by atoms with Crippen molar-refractivity contribution >= 4 is 5.91 Å². The van der Waals surface area contributed by atoms with Crippen LogP contribution in [0.2, 0.25) is 0 Å². The zero-order valence-corrected chi connectivity index (χ0v) is 14.0. The number of carbonyl (C=O) groups is 1. The lowest BCUT2D eigenvalue weighted by atomic mass is 10.1. The Hall–Kier alpha value is -0.570. The minimum atomic E-state index is 0.141. The number of nitrogens with zero attached hydrogens (tertiary/aromatic N) is 1. The van der Waals surface area contributed by atoms with E-state index >= 15 is 0 Å². The van der Waals surface area contributed by atoms with Gasteiger partial charge in [0.25, 0.3) is 0 Å². The Morgan fingerprint density at radius 3 is 1.70 bits per heavy atom. The summed E-state index contributed by atoms with van der Waals surface area (Å²) in [4.78, 5) is 13.3. The lowest BCUT2D eigenvalue weighted by Gasteiger charge is -2.09. The molecule has 0 heterocycles. The summed E-state index contributed by atoms with van der Waals surface area (Å²) in [5.41, 5.74) is 0. The Morgan fingerprint density at radius 2 is 1.25 bits per heavy atom. The normalized spacial score (nSPS) is 11.0. The van der Waals surface area contributed by atoms with Gasteiger partial charge in [0.05, 0.1) is 6.54 Å². The summed E-state index contributed by atoms with van der Waals surface area (Å²) in [6.45, 7) is 3.60. The molecule has 0 bridgehead atoms. The van der Waals surface area contributed by atoms with Gasteiger partial charge in [-0.3, -0.25) is 4.79 Å². The van der Waals surface area contributed by atoms with Gasteiger partial charge < -0.3 is 10.2 Å². The highest BCUT2D eigenvalue weighted by atomic mass is 16.1. The summed E-state index contributed by atoms with van der Waals surface area (Å²) in [6, 6.07) is 0. The van der Waals surface area contributed by atoms with E-state index in [-0.39, 0.29) is 5.91 Å². The third kappa shape index (κ3) is 15.5. The average Bonchev–Trinajstić information content (AvgIpc) is 2.39. The first kappa shape index (κ1) is 19.4. The third-order valence-corrected chi connectivity index (χ3v) is 3.56. The number of amides is 1. The van der Waals surface area contributed by atoms with E-state index in [1.807, 2.05) is 19.0 Å². The van der Waals surface area contributed by atoms with E-state index < -0.39 is 0 Å². The maximum absolute atomic E-state index is 11.4. The van der Waals surface area contributed by atoms with Crippen LogP contribution in [-0.2, 0) is 4.79 Å². The molecule has 0 aromatic carbocycles. The van der Waals surface area contributed by atoms with Crippen LogP contribution in [0.4, 0.5) is 0 Å². The maximum Gasteiger partial charge on any atom is 0.234 e. The fourth-order valence-electron chi connectivity index (χ4n) is 2.36. The molecular weight excluding hydrogens is 248 g/mol. The molecule has 0 spiro atoms. The van der Waals surface area contributed by atoms with Gasteiger partial charge in [-0.1, -0.05) is 71.1 Å². The summed E-state index contributed by atoms with van der Waals surface area (Å²) in [5, 5.41) is 2.96.